The molecule has 0 heterocycles. The second-order valence-corrected chi connectivity index (χ2v) is 4.62. The summed E-state index contributed by atoms with van der Waals surface area (Å²) >= 11 is 6.15. The lowest BCUT2D eigenvalue weighted by atomic mass is 10.0. The van der Waals surface area contributed by atoms with Crippen LogP contribution in [-0.2, 0) is 6.42 Å². The Morgan fingerprint density at radius 2 is 2.12 bits per heavy atom. The molecule has 88 valence electrons. The number of rotatable bonds is 6. The van der Waals surface area contributed by atoms with Gasteiger partial charge in [-0.05, 0) is 37.9 Å². The van der Waals surface area contributed by atoms with Gasteiger partial charge in [0, 0.05) is 11.1 Å². The van der Waals surface area contributed by atoms with Crippen molar-refractivity contribution in [2.45, 2.75) is 32.7 Å². The summed E-state index contributed by atoms with van der Waals surface area (Å²) in [6.07, 6.45) is 1.96. The van der Waals surface area contributed by atoms with Gasteiger partial charge in [0.25, 0.3) is 0 Å². The van der Waals surface area contributed by atoms with Gasteiger partial charge in [-0.1, -0.05) is 42.3 Å². The molecule has 1 aromatic rings. The monoisotopic (exact) mass is 237 g/mol. The first-order valence-corrected chi connectivity index (χ1v) is 6.12. The molecule has 0 amide bonds. The van der Waals surface area contributed by atoms with Gasteiger partial charge in [0.05, 0.1) is 0 Å². The lowest BCUT2D eigenvalue weighted by Gasteiger charge is -2.18. The lowest BCUT2D eigenvalue weighted by Crippen LogP contribution is -2.31. The van der Waals surface area contributed by atoms with E-state index in [0.29, 0.717) is 6.04 Å². The van der Waals surface area contributed by atoms with Crippen LogP contribution < -0.4 is 5.32 Å². The number of likely N-dealkylation sites (N-methyl/N-ethyl adjacent to an activating group) is 1. The molecule has 1 aromatic carbocycles. The summed E-state index contributed by atoms with van der Waals surface area (Å²) in [6, 6.07) is 8.46. The molecule has 0 bridgehead atoms. The van der Waals surface area contributed by atoms with E-state index in [1.807, 2.05) is 18.2 Å². The molecule has 2 heteroatoms. The molecular formula is C14H20ClN. The van der Waals surface area contributed by atoms with Crippen molar-refractivity contribution in [1.82, 2.24) is 5.32 Å². The molecular weight excluding hydrogens is 218 g/mol. The van der Waals surface area contributed by atoms with Crippen LogP contribution in [0, 0.1) is 0 Å². The van der Waals surface area contributed by atoms with E-state index in [2.05, 4.69) is 31.8 Å². The van der Waals surface area contributed by atoms with Crippen LogP contribution in [0.4, 0.5) is 0 Å². The molecule has 1 rings (SSSR count). The summed E-state index contributed by atoms with van der Waals surface area (Å²) in [5, 5.41) is 4.32. The maximum Gasteiger partial charge on any atom is 0.0438 e. The normalized spacial score (nSPS) is 12.4. The number of hydrogen-bond acceptors (Lipinski definition) is 1. The van der Waals surface area contributed by atoms with Crippen LogP contribution in [0.3, 0.4) is 0 Å². The Morgan fingerprint density at radius 3 is 2.69 bits per heavy atom. The van der Waals surface area contributed by atoms with Crippen LogP contribution in [-0.4, -0.2) is 12.6 Å². The third-order valence-electron chi connectivity index (χ3n) is 2.51. The molecule has 1 unspecified atom stereocenters. The topological polar surface area (TPSA) is 12.0 Å². The van der Waals surface area contributed by atoms with Gasteiger partial charge in [0.1, 0.15) is 0 Å². The molecule has 1 nitrogen and oxygen atoms in total. The predicted octanol–water partition coefficient (Wildman–Crippen LogP) is 3.83. The van der Waals surface area contributed by atoms with Crippen LogP contribution in [0.15, 0.2) is 36.4 Å². The SMILES string of the molecule is C=C(C)CC(Cc1ccccc1Cl)NCC. The van der Waals surface area contributed by atoms with Crippen molar-refractivity contribution in [2.75, 3.05) is 6.54 Å². The van der Waals surface area contributed by atoms with Gasteiger partial charge in [-0.25, -0.2) is 0 Å². The summed E-state index contributed by atoms with van der Waals surface area (Å²) in [7, 11) is 0. The van der Waals surface area contributed by atoms with E-state index < -0.39 is 0 Å². The smallest absolute Gasteiger partial charge is 0.0438 e. The third-order valence-corrected chi connectivity index (χ3v) is 2.88. The van der Waals surface area contributed by atoms with Crippen molar-refractivity contribution in [1.29, 1.82) is 0 Å². The van der Waals surface area contributed by atoms with Crippen molar-refractivity contribution < 1.29 is 0 Å². The van der Waals surface area contributed by atoms with Crippen LogP contribution >= 0.6 is 11.6 Å². The second kappa shape index (κ2) is 6.72. The van der Waals surface area contributed by atoms with Crippen LogP contribution in [0.1, 0.15) is 25.8 Å². The molecule has 0 aliphatic carbocycles. The van der Waals surface area contributed by atoms with Crippen molar-refractivity contribution in [2.24, 2.45) is 0 Å². The molecule has 0 fully saturated rings. The van der Waals surface area contributed by atoms with Gasteiger partial charge in [0.15, 0.2) is 0 Å². The Balaban J connectivity index is 2.67. The molecule has 1 N–H and O–H groups in total. The first-order valence-electron chi connectivity index (χ1n) is 5.74. The van der Waals surface area contributed by atoms with Gasteiger partial charge in [-0.15, -0.1) is 6.58 Å². The molecule has 0 radical (unpaired) electrons. The minimum Gasteiger partial charge on any atom is -0.314 e. The molecule has 16 heavy (non-hydrogen) atoms. The number of hydrogen-bond donors (Lipinski definition) is 1. The third kappa shape index (κ3) is 4.38. The predicted molar refractivity (Wildman–Crippen MR) is 72.1 cm³/mol. The molecule has 1 atom stereocenters. The number of halogens is 1. The quantitative estimate of drug-likeness (QED) is 0.742. The fraction of sp³-hybridized carbons (Fsp3) is 0.429. The summed E-state index contributed by atoms with van der Waals surface area (Å²) in [4.78, 5) is 0. The van der Waals surface area contributed by atoms with Crippen molar-refractivity contribution in [3.8, 4) is 0 Å². The first-order chi connectivity index (χ1) is 7.63. The Morgan fingerprint density at radius 1 is 1.44 bits per heavy atom. The maximum absolute atomic E-state index is 6.15. The highest BCUT2D eigenvalue weighted by Gasteiger charge is 2.10. The fourth-order valence-corrected chi connectivity index (χ4v) is 2.07. The van der Waals surface area contributed by atoms with Crippen molar-refractivity contribution in [3.63, 3.8) is 0 Å². The van der Waals surface area contributed by atoms with E-state index >= 15 is 0 Å². The van der Waals surface area contributed by atoms with E-state index in [1.165, 1.54) is 11.1 Å². The fourth-order valence-electron chi connectivity index (χ4n) is 1.86. The van der Waals surface area contributed by atoms with Crippen LogP contribution in [0.5, 0.6) is 0 Å². The van der Waals surface area contributed by atoms with E-state index in [0.717, 1.165) is 24.4 Å². The Hall–Kier alpha value is -0.790. The highest BCUT2D eigenvalue weighted by atomic mass is 35.5. The van der Waals surface area contributed by atoms with Gasteiger partial charge in [-0.3, -0.25) is 0 Å². The zero-order valence-corrected chi connectivity index (χ0v) is 10.8. The maximum atomic E-state index is 6.15. The minimum atomic E-state index is 0.433. The second-order valence-electron chi connectivity index (χ2n) is 4.21. The van der Waals surface area contributed by atoms with E-state index in [1.54, 1.807) is 0 Å². The summed E-state index contributed by atoms with van der Waals surface area (Å²) < 4.78 is 0. The number of benzene rings is 1. The van der Waals surface area contributed by atoms with Gasteiger partial charge < -0.3 is 5.32 Å². The Labute approximate surface area is 104 Å². The molecule has 0 saturated heterocycles. The van der Waals surface area contributed by atoms with Gasteiger partial charge >= 0.3 is 0 Å². The lowest BCUT2D eigenvalue weighted by molar-refractivity contribution is 0.520. The average Bonchev–Trinajstić information content (AvgIpc) is 2.21. The summed E-state index contributed by atoms with van der Waals surface area (Å²) in [5.41, 5.74) is 2.41. The Bertz CT molecular complexity index is 346. The molecule has 0 aliphatic rings. The van der Waals surface area contributed by atoms with Crippen molar-refractivity contribution in [3.05, 3.63) is 47.0 Å². The minimum absolute atomic E-state index is 0.433. The molecule has 0 spiro atoms. The average molecular weight is 238 g/mol. The molecule has 0 aliphatic heterocycles. The van der Waals surface area contributed by atoms with Gasteiger partial charge in [-0.2, -0.15) is 0 Å². The zero-order valence-electron chi connectivity index (χ0n) is 10.1. The molecule has 0 saturated carbocycles. The zero-order chi connectivity index (χ0) is 12.0. The largest absolute Gasteiger partial charge is 0.314 e. The van der Waals surface area contributed by atoms with Crippen molar-refractivity contribution >= 4 is 11.6 Å². The highest BCUT2D eigenvalue weighted by molar-refractivity contribution is 6.31. The van der Waals surface area contributed by atoms with E-state index in [-0.39, 0.29) is 0 Å². The first kappa shape index (κ1) is 13.3. The molecule has 0 aromatic heterocycles. The van der Waals surface area contributed by atoms with E-state index in [4.69, 9.17) is 11.6 Å². The highest BCUT2D eigenvalue weighted by Crippen LogP contribution is 2.18. The van der Waals surface area contributed by atoms with Crippen LogP contribution in [0.25, 0.3) is 0 Å². The Kier molecular flexibility index (Phi) is 5.58. The van der Waals surface area contributed by atoms with Crippen LogP contribution in [0.2, 0.25) is 5.02 Å². The van der Waals surface area contributed by atoms with Gasteiger partial charge in [0.2, 0.25) is 0 Å². The van der Waals surface area contributed by atoms with E-state index in [9.17, 15) is 0 Å². The summed E-state index contributed by atoms with van der Waals surface area (Å²) in [6.45, 7) is 9.13. The number of nitrogens with one attached hydrogen (secondary N) is 1. The standard InChI is InChI=1S/C14H20ClN/c1-4-16-13(9-11(2)3)10-12-7-5-6-8-14(12)15/h5-8,13,16H,2,4,9-10H2,1,3H3. The summed E-state index contributed by atoms with van der Waals surface area (Å²) in [5.74, 6) is 0.